The first-order chi connectivity index (χ1) is 24.2. The van der Waals surface area contributed by atoms with E-state index in [1.54, 1.807) is 48.5 Å². The Labute approximate surface area is 296 Å². The van der Waals surface area contributed by atoms with Gasteiger partial charge in [-0.1, -0.05) is 108 Å². The maximum absolute atomic E-state index is 16.0. The molecule has 1 aliphatic heterocycles. The van der Waals surface area contributed by atoms with Crippen LogP contribution in [0.3, 0.4) is 0 Å². The van der Waals surface area contributed by atoms with Crippen LogP contribution >= 0.6 is 23.2 Å². The summed E-state index contributed by atoms with van der Waals surface area (Å²) < 4.78 is 5.24. The molecule has 2 bridgehead atoms. The molecule has 0 unspecified atom stereocenters. The molecule has 5 aromatic rings. The first-order valence-electron chi connectivity index (χ1n) is 15.8. The van der Waals surface area contributed by atoms with Gasteiger partial charge >= 0.3 is 0 Å². The molecule has 50 heavy (non-hydrogen) atoms. The van der Waals surface area contributed by atoms with E-state index in [0.29, 0.717) is 43.4 Å². The molecule has 2 fully saturated rings. The summed E-state index contributed by atoms with van der Waals surface area (Å²) in [6, 6.07) is 36.2. The van der Waals surface area contributed by atoms with Crippen LogP contribution in [0.1, 0.15) is 22.3 Å². The number of fused-ring (bicyclic) bond motifs is 5. The molecule has 0 spiro atoms. The topological polar surface area (TPSA) is 107 Å². The van der Waals surface area contributed by atoms with Crippen LogP contribution in [0.4, 0.5) is 11.4 Å². The fourth-order valence-corrected chi connectivity index (χ4v) is 8.81. The number of hydrogen-bond donors (Lipinski definition) is 0. The highest BCUT2D eigenvalue weighted by Gasteiger charge is 2.83. The lowest BCUT2D eigenvalue weighted by Gasteiger charge is -2.39. The minimum atomic E-state index is -1.70. The number of carbonyl (C=O) groups excluding carboxylic acids is 3. The number of halogens is 2. The van der Waals surface area contributed by atoms with Crippen molar-refractivity contribution in [3.05, 3.63) is 170 Å². The summed E-state index contributed by atoms with van der Waals surface area (Å²) in [4.78, 5) is 59.0. The number of ketones is 1. The number of nitro benzene ring substituents is 1. The predicted octanol–water partition coefficient (Wildman–Crippen LogP) is 8.10. The van der Waals surface area contributed by atoms with Gasteiger partial charge in [-0.15, -0.1) is 0 Å². The molecule has 1 saturated heterocycles. The molecule has 246 valence electrons. The van der Waals surface area contributed by atoms with E-state index in [9.17, 15) is 10.1 Å². The summed E-state index contributed by atoms with van der Waals surface area (Å²) in [6.07, 6.45) is 0. The molecule has 10 heteroatoms. The van der Waals surface area contributed by atoms with Crippen molar-refractivity contribution in [2.75, 3.05) is 12.0 Å². The molecule has 8 nitrogen and oxygen atoms in total. The number of carbonyl (C=O) groups is 3. The summed E-state index contributed by atoms with van der Waals surface area (Å²) in [5.41, 5.74) is -0.577. The van der Waals surface area contributed by atoms with E-state index in [1.165, 1.54) is 25.3 Å². The standard InChI is InChI=1S/C40H26Cl2N2O6/c1-50-29-20-21-30(31(22-29)44(48)49)43-36(45)34-35(37(43)46)40(26-14-18-28(42)19-15-26)33(24-10-6-3-7-11-24)32(23-8-4-2-5-9-23)39(34,38(40)47)25-12-16-27(41)17-13-25/h2-22,34-35H,1H3/t34-,35+,39-,40-/m0/s1. The molecule has 3 aliphatic rings. The molecule has 5 aromatic carbocycles. The van der Waals surface area contributed by atoms with Gasteiger partial charge in [-0.25, -0.2) is 4.90 Å². The van der Waals surface area contributed by atoms with E-state index in [-0.39, 0.29) is 17.2 Å². The average Bonchev–Trinajstić information content (AvgIpc) is 3.64. The Morgan fingerprint density at radius 3 is 1.50 bits per heavy atom. The van der Waals surface area contributed by atoms with Crippen molar-refractivity contribution >= 4 is 63.3 Å². The molecule has 1 saturated carbocycles. The third-order valence-corrected chi connectivity index (χ3v) is 10.8. The molecular weight excluding hydrogens is 675 g/mol. The number of rotatable bonds is 7. The van der Waals surface area contributed by atoms with Gasteiger partial charge in [0.2, 0.25) is 11.8 Å². The number of methoxy groups -OCH3 is 1. The molecular formula is C40H26Cl2N2O6. The van der Waals surface area contributed by atoms with Crippen molar-refractivity contribution < 1.29 is 24.0 Å². The first-order valence-corrected chi connectivity index (χ1v) is 16.6. The second kappa shape index (κ2) is 11.5. The van der Waals surface area contributed by atoms with Crippen LogP contribution in [0.2, 0.25) is 10.0 Å². The van der Waals surface area contributed by atoms with E-state index < -0.39 is 45.1 Å². The summed E-state index contributed by atoms with van der Waals surface area (Å²) in [5, 5.41) is 13.3. The summed E-state index contributed by atoms with van der Waals surface area (Å²) >= 11 is 12.8. The number of nitrogens with zero attached hydrogens (tertiary/aromatic N) is 2. The number of nitro groups is 1. The van der Waals surface area contributed by atoms with Crippen LogP contribution in [-0.4, -0.2) is 29.6 Å². The monoisotopic (exact) mass is 700 g/mol. The normalized spacial score (nSPS) is 23.8. The summed E-state index contributed by atoms with van der Waals surface area (Å²) in [7, 11) is 1.37. The molecule has 0 aromatic heterocycles. The Morgan fingerprint density at radius 1 is 0.660 bits per heavy atom. The Bertz CT molecular complexity index is 2150. The predicted molar refractivity (Wildman–Crippen MR) is 190 cm³/mol. The number of imide groups is 1. The zero-order chi connectivity index (χ0) is 34.9. The quantitative estimate of drug-likeness (QED) is 0.0965. The lowest BCUT2D eigenvalue weighted by molar-refractivity contribution is -0.384. The van der Waals surface area contributed by atoms with Gasteiger partial charge in [0.1, 0.15) is 11.4 Å². The molecule has 2 aliphatic carbocycles. The van der Waals surface area contributed by atoms with Crippen LogP contribution in [-0.2, 0) is 25.2 Å². The second-order valence-corrected chi connectivity index (χ2v) is 13.4. The summed E-state index contributed by atoms with van der Waals surface area (Å²) in [5.74, 6) is -4.13. The molecule has 0 N–H and O–H groups in total. The van der Waals surface area contributed by atoms with E-state index >= 15 is 14.4 Å². The zero-order valence-corrected chi connectivity index (χ0v) is 27.9. The van der Waals surface area contributed by atoms with Crippen molar-refractivity contribution in [1.29, 1.82) is 0 Å². The lowest BCUT2D eigenvalue weighted by Crippen LogP contribution is -2.45. The SMILES string of the molecule is COc1ccc(N2C(=O)[C@@H]3[C@H](C2=O)[C@@]2(c4ccc(Cl)cc4)C(=O)[C@@]3(c3ccc(Cl)cc3)C(c3ccccc3)=C2c2ccccc2)c([N+](=O)[O-])c1. The highest BCUT2D eigenvalue weighted by atomic mass is 35.5. The van der Waals surface area contributed by atoms with Gasteiger partial charge in [0.25, 0.3) is 5.69 Å². The Morgan fingerprint density at radius 2 is 1.10 bits per heavy atom. The smallest absolute Gasteiger partial charge is 0.297 e. The van der Waals surface area contributed by atoms with E-state index in [4.69, 9.17) is 27.9 Å². The number of benzene rings is 5. The molecule has 8 rings (SSSR count). The van der Waals surface area contributed by atoms with E-state index in [0.717, 1.165) is 4.90 Å². The van der Waals surface area contributed by atoms with Crippen molar-refractivity contribution in [3.8, 4) is 5.75 Å². The van der Waals surface area contributed by atoms with Gasteiger partial charge in [-0.2, -0.15) is 0 Å². The van der Waals surface area contributed by atoms with Crippen molar-refractivity contribution in [2.45, 2.75) is 10.8 Å². The van der Waals surface area contributed by atoms with Crippen LogP contribution in [0, 0.1) is 22.0 Å². The Kier molecular flexibility index (Phi) is 7.29. The van der Waals surface area contributed by atoms with Crippen LogP contribution in [0.15, 0.2) is 127 Å². The highest BCUT2D eigenvalue weighted by Crippen LogP contribution is 2.74. The number of ether oxygens (including phenoxy) is 1. The van der Waals surface area contributed by atoms with Crippen LogP contribution < -0.4 is 9.64 Å². The Hall–Kier alpha value is -5.57. The third kappa shape index (κ3) is 4.09. The lowest BCUT2D eigenvalue weighted by atomic mass is 9.59. The second-order valence-electron chi connectivity index (χ2n) is 12.5. The van der Waals surface area contributed by atoms with E-state index in [1.807, 2.05) is 60.7 Å². The number of anilines is 1. The number of hydrogen-bond acceptors (Lipinski definition) is 6. The van der Waals surface area contributed by atoms with Gasteiger partial charge in [-0.3, -0.25) is 24.5 Å². The van der Waals surface area contributed by atoms with Crippen LogP contribution in [0.25, 0.3) is 11.1 Å². The molecule has 1 heterocycles. The van der Waals surface area contributed by atoms with Crippen molar-refractivity contribution in [2.24, 2.45) is 11.8 Å². The van der Waals surface area contributed by atoms with Gasteiger partial charge in [0, 0.05) is 10.0 Å². The van der Waals surface area contributed by atoms with Crippen LogP contribution in [0.5, 0.6) is 5.75 Å². The minimum Gasteiger partial charge on any atom is -0.496 e. The maximum atomic E-state index is 16.0. The minimum absolute atomic E-state index is 0.185. The number of allylic oxidation sites excluding steroid dienone is 2. The fraction of sp³-hybridized carbons (Fsp3) is 0.125. The third-order valence-electron chi connectivity index (χ3n) is 10.3. The van der Waals surface area contributed by atoms with Gasteiger partial charge in [-0.05, 0) is 69.8 Å². The fourth-order valence-electron chi connectivity index (χ4n) is 8.56. The molecule has 0 radical (unpaired) electrons. The van der Waals surface area contributed by atoms with Crippen molar-refractivity contribution in [3.63, 3.8) is 0 Å². The van der Waals surface area contributed by atoms with E-state index in [2.05, 4.69) is 0 Å². The van der Waals surface area contributed by atoms with Gasteiger partial charge in [0.05, 0.1) is 40.8 Å². The average molecular weight is 702 g/mol. The maximum Gasteiger partial charge on any atom is 0.297 e. The number of Topliss-reactive ketones (excluding diaryl/α,β-unsaturated/α-hetero) is 1. The largest absolute Gasteiger partial charge is 0.496 e. The number of amides is 2. The molecule has 4 atom stereocenters. The highest BCUT2D eigenvalue weighted by molar-refractivity contribution is 6.39. The van der Waals surface area contributed by atoms with Crippen molar-refractivity contribution in [1.82, 2.24) is 0 Å². The van der Waals surface area contributed by atoms with Gasteiger partial charge < -0.3 is 4.74 Å². The molecule has 2 amide bonds. The van der Waals surface area contributed by atoms with Gasteiger partial charge in [0.15, 0.2) is 5.78 Å². The first kappa shape index (κ1) is 31.7. The summed E-state index contributed by atoms with van der Waals surface area (Å²) in [6.45, 7) is 0. The Balaban J connectivity index is 1.54. The zero-order valence-electron chi connectivity index (χ0n) is 26.4.